The predicted molar refractivity (Wildman–Crippen MR) is 130 cm³/mol. The molecule has 2 aromatic rings. The van der Waals surface area contributed by atoms with E-state index in [-0.39, 0.29) is 16.3 Å². The van der Waals surface area contributed by atoms with E-state index in [9.17, 15) is 13.2 Å². The molecule has 3 N–H and O–H groups in total. The lowest BCUT2D eigenvalue weighted by atomic mass is 9.86. The smallest absolute Gasteiger partial charge is 0.416 e. The molecule has 1 saturated heterocycles. The summed E-state index contributed by atoms with van der Waals surface area (Å²) >= 11 is 5.39. The summed E-state index contributed by atoms with van der Waals surface area (Å²) in [5.74, 6) is 0.530. The van der Waals surface area contributed by atoms with E-state index in [4.69, 9.17) is 21.8 Å². The lowest BCUT2D eigenvalue weighted by Crippen LogP contribution is -2.45. The number of thiocarbonyl (C=S) groups is 1. The van der Waals surface area contributed by atoms with Crippen molar-refractivity contribution in [2.75, 3.05) is 18.4 Å². The topological polar surface area (TPSA) is 54.5 Å². The maximum absolute atomic E-state index is 13.1. The van der Waals surface area contributed by atoms with Crippen LogP contribution < -0.4 is 16.1 Å². The van der Waals surface area contributed by atoms with Gasteiger partial charge in [0.15, 0.2) is 11.4 Å². The number of benzene rings is 2. The van der Waals surface area contributed by atoms with Crippen LogP contribution in [0, 0.1) is 0 Å². The van der Waals surface area contributed by atoms with Crippen LogP contribution in [0.15, 0.2) is 54.3 Å². The molecule has 0 atom stereocenters. The van der Waals surface area contributed by atoms with Gasteiger partial charge in [-0.2, -0.15) is 13.2 Å². The zero-order valence-electron chi connectivity index (χ0n) is 19.3. The van der Waals surface area contributed by atoms with Gasteiger partial charge in [0, 0.05) is 11.3 Å². The third-order valence-electron chi connectivity index (χ3n) is 6.07. The number of alkyl halides is 3. The van der Waals surface area contributed by atoms with Crippen molar-refractivity contribution < 1.29 is 22.7 Å². The standard InChI is InChI=1S/C25H28F3N3O2S/c1-23(2,3)17-9-7-16(8-10-17)20-21(24(33-31-20)11-13-29-14-12-24)32-22(34)30-19-6-4-5-18(15-19)25(26,27)28/h4-10,15,29,31H,11-14H2,1-3H3,(H,30,34). The Labute approximate surface area is 202 Å². The van der Waals surface area contributed by atoms with E-state index in [1.165, 1.54) is 17.7 Å². The number of anilines is 1. The second-order valence-corrected chi connectivity index (χ2v) is 9.94. The van der Waals surface area contributed by atoms with Crippen LogP contribution in [0.5, 0.6) is 0 Å². The number of piperidine rings is 1. The molecule has 0 aliphatic carbocycles. The van der Waals surface area contributed by atoms with Gasteiger partial charge in [0.1, 0.15) is 5.70 Å². The Balaban J connectivity index is 1.63. The first kappa shape index (κ1) is 24.5. The predicted octanol–water partition coefficient (Wildman–Crippen LogP) is 5.74. The van der Waals surface area contributed by atoms with Crippen LogP contribution in [0.1, 0.15) is 50.3 Å². The third-order valence-corrected chi connectivity index (χ3v) is 6.26. The van der Waals surface area contributed by atoms with Gasteiger partial charge < -0.3 is 15.4 Å². The number of hydroxylamine groups is 1. The number of halogens is 3. The van der Waals surface area contributed by atoms with E-state index < -0.39 is 17.3 Å². The fourth-order valence-electron chi connectivity index (χ4n) is 4.11. The highest BCUT2D eigenvalue weighted by Crippen LogP contribution is 2.41. The van der Waals surface area contributed by atoms with Crippen molar-refractivity contribution in [2.24, 2.45) is 0 Å². The number of nitrogens with one attached hydrogen (secondary N) is 3. The molecular weight excluding hydrogens is 463 g/mol. The van der Waals surface area contributed by atoms with Gasteiger partial charge in [-0.15, -0.1) is 0 Å². The van der Waals surface area contributed by atoms with E-state index in [0.717, 1.165) is 30.8 Å². The number of ether oxygens (including phenoxy) is 1. The highest BCUT2D eigenvalue weighted by Gasteiger charge is 2.47. The van der Waals surface area contributed by atoms with Gasteiger partial charge in [-0.1, -0.05) is 51.1 Å². The molecule has 1 spiro atoms. The van der Waals surface area contributed by atoms with Gasteiger partial charge in [0.2, 0.25) is 0 Å². The lowest BCUT2D eigenvalue weighted by molar-refractivity contribution is -0.137. The monoisotopic (exact) mass is 491 g/mol. The van der Waals surface area contributed by atoms with E-state index in [1.807, 2.05) is 12.1 Å². The molecule has 0 unspecified atom stereocenters. The zero-order valence-corrected chi connectivity index (χ0v) is 20.1. The maximum atomic E-state index is 13.1. The molecule has 5 nitrogen and oxygen atoms in total. The minimum atomic E-state index is -4.45. The molecule has 2 aromatic carbocycles. The molecule has 2 aliphatic rings. The number of hydrogen-bond donors (Lipinski definition) is 3. The highest BCUT2D eigenvalue weighted by molar-refractivity contribution is 7.80. The molecule has 0 saturated carbocycles. The SMILES string of the molecule is CC(C)(C)c1ccc(C2=C(OC(=S)Nc3cccc(C(F)(F)F)c3)C3(CCNCC3)ON2)cc1. The molecule has 0 aromatic heterocycles. The van der Waals surface area contributed by atoms with Gasteiger partial charge >= 0.3 is 6.18 Å². The van der Waals surface area contributed by atoms with Crippen LogP contribution in [0.3, 0.4) is 0 Å². The molecule has 1 fully saturated rings. The summed E-state index contributed by atoms with van der Waals surface area (Å²) in [6, 6.07) is 13.0. The number of rotatable bonds is 3. The molecule has 9 heteroatoms. The Hall–Kier alpha value is -2.62. The lowest BCUT2D eigenvalue weighted by Gasteiger charge is -2.33. The molecule has 182 valence electrons. The van der Waals surface area contributed by atoms with E-state index in [0.29, 0.717) is 24.3 Å². The average molecular weight is 492 g/mol. The Kier molecular flexibility index (Phi) is 6.63. The van der Waals surface area contributed by atoms with Crippen molar-refractivity contribution >= 4 is 28.8 Å². The van der Waals surface area contributed by atoms with E-state index >= 15 is 0 Å². The minimum absolute atomic E-state index is 0.0124. The Morgan fingerprint density at radius 1 is 1.03 bits per heavy atom. The minimum Gasteiger partial charge on any atom is -0.431 e. The quantitative estimate of drug-likeness (QED) is 0.476. The molecule has 34 heavy (non-hydrogen) atoms. The van der Waals surface area contributed by atoms with Crippen LogP contribution in [0.2, 0.25) is 0 Å². The van der Waals surface area contributed by atoms with Gasteiger partial charge in [0.25, 0.3) is 5.17 Å². The molecule has 0 radical (unpaired) electrons. The fourth-order valence-corrected chi connectivity index (χ4v) is 4.31. The van der Waals surface area contributed by atoms with Crippen molar-refractivity contribution in [1.82, 2.24) is 10.8 Å². The Morgan fingerprint density at radius 3 is 2.32 bits per heavy atom. The molecule has 2 heterocycles. The van der Waals surface area contributed by atoms with Crippen molar-refractivity contribution in [3.05, 3.63) is 71.0 Å². The van der Waals surface area contributed by atoms with Crippen LogP contribution >= 0.6 is 12.2 Å². The first-order valence-electron chi connectivity index (χ1n) is 11.1. The zero-order chi connectivity index (χ0) is 24.6. The second kappa shape index (κ2) is 9.20. The van der Waals surface area contributed by atoms with Crippen molar-refractivity contribution in [3.63, 3.8) is 0 Å². The summed E-state index contributed by atoms with van der Waals surface area (Å²) in [5.41, 5.74) is 4.49. The van der Waals surface area contributed by atoms with Crippen molar-refractivity contribution in [1.29, 1.82) is 0 Å². The van der Waals surface area contributed by atoms with Gasteiger partial charge in [-0.3, -0.25) is 10.3 Å². The average Bonchev–Trinajstić information content (AvgIpc) is 3.10. The van der Waals surface area contributed by atoms with Crippen molar-refractivity contribution in [3.8, 4) is 0 Å². The van der Waals surface area contributed by atoms with Crippen LogP contribution in [-0.2, 0) is 21.2 Å². The van der Waals surface area contributed by atoms with Crippen LogP contribution in [0.25, 0.3) is 5.70 Å². The van der Waals surface area contributed by atoms with Crippen LogP contribution in [-0.4, -0.2) is 23.9 Å². The fraction of sp³-hybridized carbons (Fsp3) is 0.400. The molecule has 2 aliphatic heterocycles. The first-order valence-corrected chi connectivity index (χ1v) is 11.6. The van der Waals surface area contributed by atoms with Gasteiger partial charge in [-0.25, -0.2) is 0 Å². The summed E-state index contributed by atoms with van der Waals surface area (Å²) in [6.07, 6.45) is -3.13. The molecule has 0 amide bonds. The first-order chi connectivity index (χ1) is 16.0. The number of hydrogen-bond acceptors (Lipinski definition) is 5. The van der Waals surface area contributed by atoms with Gasteiger partial charge in [-0.05, 0) is 67.3 Å². The summed E-state index contributed by atoms with van der Waals surface area (Å²) in [5, 5.41) is 6.04. The van der Waals surface area contributed by atoms with E-state index in [1.54, 1.807) is 0 Å². The maximum Gasteiger partial charge on any atom is 0.416 e. The van der Waals surface area contributed by atoms with Crippen LogP contribution in [0.4, 0.5) is 18.9 Å². The Bertz CT molecular complexity index is 1090. The Morgan fingerprint density at radius 2 is 1.71 bits per heavy atom. The third kappa shape index (κ3) is 5.21. The molecular formula is C25H28F3N3O2S. The van der Waals surface area contributed by atoms with Gasteiger partial charge in [0.05, 0.1) is 5.56 Å². The normalized spacial score (nSPS) is 18.1. The molecule has 0 bridgehead atoms. The molecule has 4 rings (SSSR count). The summed E-state index contributed by atoms with van der Waals surface area (Å²) < 4.78 is 45.3. The second-order valence-electron chi connectivity index (χ2n) is 9.57. The summed E-state index contributed by atoms with van der Waals surface area (Å²) in [6.45, 7) is 7.91. The van der Waals surface area contributed by atoms with E-state index in [2.05, 4.69) is 49.0 Å². The highest BCUT2D eigenvalue weighted by atomic mass is 32.1. The largest absolute Gasteiger partial charge is 0.431 e. The summed E-state index contributed by atoms with van der Waals surface area (Å²) in [7, 11) is 0. The van der Waals surface area contributed by atoms with Crippen molar-refractivity contribution in [2.45, 2.75) is 50.8 Å². The summed E-state index contributed by atoms with van der Waals surface area (Å²) in [4.78, 5) is 6.05.